The zero-order valence-electron chi connectivity index (χ0n) is 16.3. The Balaban J connectivity index is 1.41. The second-order valence-corrected chi connectivity index (χ2v) is 7.78. The van der Waals surface area contributed by atoms with Gasteiger partial charge in [-0.05, 0) is 56.7 Å². The fourth-order valence-electron chi connectivity index (χ4n) is 3.42. The van der Waals surface area contributed by atoms with Crippen LogP contribution >= 0.6 is 0 Å². The summed E-state index contributed by atoms with van der Waals surface area (Å²) in [5.41, 5.74) is 1.18. The predicted molar refractivity (Wildman–Crippen MR) is 108 cm³/mol. The fourth-order valence-corrected chi connectivity index (χ4v) is 3.42. The first-order valence-electron chi connectivity index (χ1n) is 10.1. The van der Waals surface area contributed by atoms with Crippen molar-refractivity contribution >= 4 is 5.96 Å². The molecule has 1 saturated heterocycles. The zero-order valence-corrected chi connectivity index (χ0v) is 16.3. The average Bonchev–Trinajstić information content (AvgIpc) is 3.35. The molecule has 0 spiro atoms. The van der Waals surface area contributed by atoms with Crippen molar-refractivity contribution in [3.8, 4) is 5.75 Å². The van der Waals surface area contributed by atoms with E-state index >= 15 is 0 Å². The summed E-state index contributed by atoms with van der Waals surface area (Å²) in [5.74, 6) is 3.23. The molecule has 144 valence electrons. The van der Waals surface area contributed by atoms with Crippen LogP contribution in [0.2, 0.25) is 0 Å². The highest BCUT2D eigenvalue weighted by Crippen LogP contribution is 2.30. The van der Waals surface area contributed by atoms with E-state index in [1.807, 2.05) is 13.1 Å². The number of guanidine groups is 1. The Kier molecular flexibility index (Phi) is 7.18. The van der Waals surface area contributed by atoms with Gasteiger partial charge in [0.25, 0.3) is 0 Å². The Morgan fingerprint density at radius 3 is 2.73 bits per heavy atom. The van der Waals surface area contributed by atoms with E-state index in [4.69, 9.17) is 4.74 Å². The molecule has 0 amide bonds. The molecule has 0 bridgehead atoms. The highest BCUT2D eigenvalue weighted by Gasteiger charge is 2.22. The second kappa shape index (κ2) is 9.81. The van der Waals surface area contributed by atoms with Crippen molar-refractivity contribution in [2.75, 3.05) is 39.8 Å². The lowest BCUT2D eigenvalue weighted by Crippen LogP contribution is -2.41. The average molecular weight is 359 g/mol. The van der Waals surface area contributed by atoms with Crippen LogP contribution in [0.3, 0.4) is 0 Å². The number of nitrogens with one attached hydrogen (secondary N) is 2. The molecule has 1 saturated carbocycles. The molecule has 5 heteroatoms. The zero-order chi connectivity index (χ0) is 18.2. The highest BCUT2D eigenvalue weighted by molar-refractivity contribution is 5.79. The minimum absolute atomic E-state index is 0.612. The van der Waals surface area contributed by atoms with Gasteiger partial charge >= 0.3 is 0 Å². The quantitative estimate of drug-likeness (QED) is 0.526. The van der Waals surface area contributed by atoms with Crippen LogP contribution in [0.4, 0.5) is 0 Å². The lowest BCUT2D eigenvalue weighted by atomic mass is 10.1. The number of rotatable bonds is 9. The smallest absolute Gasteiger partial charge is 0.191 e. The van der Waals surface area contributed by atoms with E-state index in [-0.39, 0.29) is 0 Å². The highest BCUT2D eigenvalue weighted by atomic mass is 16.5. The van der Waals surface area contributed by atoms with E-state index in [9.17, 15) is 0 Å². The molecule has 26 heavy (non-hydrogen) atoms. The minimum atomic E-state index is 0.612. The van der Waals surface area contributed by atoms with Crippen LogP contribution < -0.4 is 15.4 Å². The third-order valence-corrected chi connectivity index (χ3v) is 5.20. The summed E-state index contributed by atoms with van der Waals surface area (Å²) in [6, 6.07) is 8.29. The van der Waals surface area contributed by atoms with Gasteiger partial charge in [-0.3, -0.25) is 4.99 Å². The molecule has 1 aliphatic carbocycles. The first-order valence-corrected chi connectivity index (χ1v) is 10.1. The molecule has 1 heterocycles. The number of likely N-dealkylation sites (tertiary alicyclic amines) is 1. The van der Waals surface area contributed by atoms with Crippen molar-refractivity contribution in [2.24, 2.45) is 16.8 Å². The molecule has 2 aliphatic rings. The van der Waals surface area contributed by atoms with Crippen molar-refractivity contribution in [3.05, 3.63) is 29.8 Å². The lowest BCUT2D eigenvalue weighted by Gasteiger charge is -2.21. The van der Waals surface area contributed by atoms with Gasteiger partial charge in [-0.2, -0.15) is 0 Å². The number of benzene rings is 1. The number of hydrogen-bond donors (Lipinski definition) is 2. The lowest BCUT2D eigenvalue weighted by molar-refractivity contribution is 0.287. The van der Waals surface area contributed by atoms with Gasteiger partial charge in [0, 0.05) is 32.2 Å². The number of ether oxygens (including phenoxy) is 1. The van der Waals surface area contributed by atoms with Crippen molar-refractivity contribution in [2.45, 2.75) is 39.2 Å². The van der Waals surface area contributed by atoms with Crippen LogP contribution in [-0.2, 0) is 6.54 Å². The van der Waals surface area contributed by atoms with Crippen LogP contribution in [0.1, 0.15) is 38.2 Å². The van der Waals surface area contributed by atoms with Gasteiger partial charge in [-0.1, -0.05) is 25.1 Å². The predicted octanol–water partition coefficient (Wildman–Crippen LogP) is 2.87. The Bertz CT molecular complexity index is 579. The molecule has 3 rings (SSSR count). The topological polar surface area (TPSA) is 48.9 Å². The first kappa shape index (κ1) is 19.0. The van der Waals surface area contributed by atoms with Crippen molar-refractivity contribution in [1.82, 2.24) is 15.5 Å². The van der Waals surface area contributed by atoms with E-state index in [2.05, 4.69) is 45.6 Å². The molecule has 0 aromatic heterocycles. The molecule has 5 nitrogen and oxygen atoms in total. The molecule has 1 unspecified atom stereocenters. The van der Waals surface area contributed by atoms with E-state index in [1.54, 1.807) is 0 Å². The van der Waals surface area contributed by atoms with Crippen LogP contribution in [0.15, 0.2) is 29.3 Å². The SMILES string of the molecule is CN=C(NCc1ccccc1OCC1CC1)NCC(C)CN1CCCC1. The summed E-state index contributed by atoms with van der Waals surface area (Å²) in [4.78, 5) is 6.93. The second-order valence-electron chi connectivity index (χ2n) is 7.78. The first-order chi connectivity index (χ1) is 12.7. The van der Waals surface area contributed by atoms with Gasteiger partial charge in [0.15, 0.2) is 5.96 Å². The molecule has 1 aromatic rings. The summed E-state index contributed by atoms with van der Waals surface area (Å²) in [6.45, 7) is 8.50. The monoisotopic (exact) mass is 358 g/mol. The van der Waals surface area contributed by atoms with E-state index in [0.717, 1.165) is 37.3 Å². The molecule has 2 fully saturated rings. The van der Waals surface area contributed by atoms with Gasteiger partial charge in [0.1, 0.15) is 5.75 Å². The van der Waals surface area contributed by atoms with E-state index in [0.29, 0.717) is 5.92 Å². The van der Waals surface area contributed by atoms with Crippen molar-refractivity contribution < 1.29 is 4.74 Å². The summed E-state index contributed by atoms with van der Waals surface area (Å²) in [7, 11) is 1.83. The molecule has 2 N–H and O–H groups in total. The Morgan fingerprint density at radius 2 is 2.00 bits per heavy atom. The van der Waals surface area contributed by atoms with E-state index in [1.165, 1.54) is 50.9 Å². The van der Waals surface area contributed by atoms with Crippen LogP contribution in [0.5, 0.6) is 5.75 Å². The van der Waals surface area contributed by atoms with E-state index < -0.39 is 0 Å². The standard InChI is InChI=1S/C21H34N4O/c1-17(15-25-11-5-6-12-25)13-23-21(22-2)24-14-19-7-3-4-8-20(19)26-16-18-9-10-18/h3-4,7-8,17-18H,5-6,9-16H2,1-2H3,(H2,22,23,24). The Hall–Kier alpha value is -1.75. The maximum Gasteiger partial charge on any atom is 0.191 e. The molecular weight excluding hydrogens is 324 g/mol. The summed E-state index contributed by atoms with van der Waals surface area (Å²) in [5, 5.41) is 6.89. The van der Waals surface area contributed by atoms with Crippen LogP contribution in [0.25, 0.3) is 0 Å². The van der Waals surface area contributed by atoms with Gasteiger partial charge in [0.05, 0.1) is 6.61 Å². The Morgan fingerprint density at radius 1 is 1.23 bits per heavy atom. The molecule has 0 radical (unpaired) electrons. The van der Waals surface area contributed by atoms with Crippen LogP contribution in [-0.4, -0.2) is 50.7 Å². The number of hydrogen-bond acceptors (Lipinski definition) is 3. The maximum absolute atomic E-state index is 5.99. The minimum Gasteiger partial charge on any atom is -0.493 e. The fraction of sp³-hybridized carbons (Fsp3) is 0.667. The van der Waals surface area contributed by atoms with Gasteiger partial charge in [0.2, 0.25) is 0 Å². The summed E-state index contributed by atoms with van der Waals surface area (Å²) >= 11 is 0. The molecule has 1 aromatic carbocycles. The summed E-state index contributed by atoms with van der Waals surface area (Å²) in [6.07, 6.45) is 5.33. The number of aliphatic imine (C=N–C) groups is 1. The third-order valence-electron chi connectivity index (χ3n) is 5.20. The normalized spacial score (nSPS) is 19.4. The molecule has 1 aliphatic heterocycles. The summed E-state index contributed by atoms with van der Waals surface area (Å²) < 4.78 is 5.99. The Labute approximate surface area is 158 Å². The number of nitrogens with zero attached hydrogens (tertiary/aromatic N) is 2. The van der Waals surface area contributed by atoms with Crippen molar-refractivity contribution in [3.63, 3.8) is 0 Å². The van der Waals surface area contributed by atoms with Gasteiger partial charge in [-0.25, -0.2) is 0 Å². The largest absolute Gasteiger partial charge is 0.493 e. The molecule has 1 atom stereocenters. The number of para-hydroxylation sites is 1. The third kappa shape index (κ3) is 6.20. The van der Waals surface area contributed by atoms with Gasteiger partial charge in [-0.15, -0.1) is 0 Å². The van der Waals surface area contributed by atoms with Crippen LogP contribution in [0, 0.1) is 11.8 Å². The maximum atomic E-state index is 5.99. The molecular formula is C21H34N4O. The van der Waals surface area contributed by atoms with Crippen molar-refractivity contribution in [1.29, 1.82) is 0 Å². The van der Waals surface area contributed by atoms with Gasteiger partial charge < -0.3 is 20.3 Å².